The Kier molecular flexibility index (Phi) is 5.44. The Morgan fingerprint density at radius 1 is 1.04 bits per heavy atom. The van der Waals surface area contributed by atoms with Crippen LogP contribution in [0.2, 0.25) is 0 Å². The van der Waals surface area contributed by atoms with Gasteiger partial charge in [0.2, 0.25) is 5.78 Å². The highest BCUT2D eigenvalue weighted by atomic mass is 16.1. The van der Waals surface area contributed by atoms with Crippen molar-refractivity contribution in [2.24, 2.45) is 0 Å². The zero-order chi connectivity index (χ0) is 19.3. The van der Waals surface area contributed by atoms with Crippen LogP contribution in [0.5, 0.6) is 0 Å². The molecule has 5 heteroatoms. The average molecular weight is 374 g/mol. The molecule has 1 aliphatic rings. The molecule has 0 unspecified atom stereocenters. The number of anilines is 1. The first-order valence-corrected chi connectivity index (χ1v) is 9.72. The summed E-state index contributed by atoms with van der Waals surface area (Å²) in [6.45, 7) is 5.66. The molecule has 1 saturated heterocycles. The normalized spacial score (nSPS) is 14.5. The van der Waals surface area contributed by atoms with Gasteiger partial charge in [0.1, 0.15) is 11.5 Å². The van der Waals surface area contributed by atoms with Gasteiger partial charge in [0.05, 0.1) is 0 Å². The van der Waals surface area contributed by atoms with Crippen LogP contribution >= 0.6 is 0 Å². The average Bonchev–Trinajstić information content (AvgIpc) is 3.04. The summed E-state index contributed by atoms with van der Waals surface area (Å²) in [6.07, 6.45) is 2.89. The van der Waals surface area contributed by atoms with Gasteiger partial charge in [-0.15, -0.1) is 0 Å². The number of aromatic nitrogens is 2. The van der Waals surface area contributed by atoms with Gasteiger partial charge in [0, 0.05) is 44.1 Å². The third kappa shape index (κ3) is 3.94. The maximum absolute atomic E-state index is 13.2. The first-order chi connectivity index (χ1) is 13.7. The monoisotopic (exact) mass is 374 g/mol. The predicted octanol–water partition coefficient (Wildman–Crippen LogP) is 3.73. The van der Waals surface area contributed by atoms with Gasteiger partial charge >= 0.3 is 0 Å². The molecule has 28 heavy (non-hydrogen) atoms. The summed E-state index contributed by atoms with van der Waals surface area (Å²) in [4.78, 5) is 24.6. The molecule has 0 amide bonds. The zero-order valence-electron chi connectivity index (χ0n) is 16.1. The number of nitrogens with zero attached hydrogens (tertiary/aromatic N) is 3. The number of pyridine rings is 2. The Morgan fingerprint density at radius 3 is 2.75 bits per heavy atom. The fourth-order valence-corrected chi connectivity index (χ4v) is 3.49. The minimum atomic E-state index is -0.0856. The molecule has 0 saturated carbocycles. The highest BCUT2D eigenvalue weighted by Gasteiger charge is 2.18. The van der Waals surface area contributed by atoms with E-state index >= 15 is 0 Å². The van der Waals surface area contributed by atoms with Crippen molar-refractivity contribution in [2.75, 3.05) is 31.1 Å². The molecule has 4 rings (SSSR count). The molecule has 3 heterocycles. The van der Waals surface area contributed by atoms with Crippen LogP contribution in [-0.2, 0) is 0 Å². The highest BCUT2D eigenvalue weighted by molar-refractivity contribution is 6.09. The maximum Gasteiger partial charge on any atom is 0.213 e. The number of rotatable bonds is 4. The first-order valence-electron chi connectivity index (χ1n) is 9.72. The van der Waals surface area contributed by atoms with Crippen LogP contribution in [0.15, 0.2) is 60.8 Å². The minimum Gasteiger partial charge on any atom is -0.355 e. The second-order valence-electron chi connectivity index (χ2n) is 7.02. The second-order valence-corrected chi connectivity index (χ2v) is 7.02. The molecule has 5 nitrogen and oxygen atoms in total. The van der Waals surface area contributed by atoms with E-state index in [1.807, 2.05) is 61.7 Å². The second kappa shape index (κ2) is 8.31. The molecule has 2 aromatic heterocycles. The summed E-state index contributed by atoms with van der Waals surface area (Å²) >= 11 is 0. The van der Waals surface area contributed by atoms with Crippen LogP contribution in [0.1, 0.15) is 29.6 Å². The number of nitrogens with one attached hydrogen (secondary N) is 1. The van der Waals surface area contributed by atoms with Gasteiger partial charge in [0.15, 0.2) is 0 Å². The van der Waals surface area contributed by atoms with Crippen LogP contribution in [0.25, 0.3) is 11.1 Å². The van der Waals surface area contributed by atoms with Gasteiger partial charge in [0.25, 0.3) is 0 Å². The van der Waals surface area contributed by atoms with Gasteiger partial charge < -0.3 is 10.2 Å². The number of carbonyl (C=O) groups excluding carboxylic acids is 1. The first kappa shape index (κ1) is 18.3. The van der Waals surface area contributed by atoms with E-state index in [0.29, 0.717) is 11.3 Å². The quantitative estimate of drug-likeness (QED) is 0.705. The van der Waals surface area contributed by atoms with Crippen molar-refractivity contribution in [1.82, 2.24) is 15.3 Å². The Bertz CT molecular complexity index is 970. The molecular weight excluding hydrogens is 348 g/mol. The summed E-state index contributed by atoms with van der Waals surface area (Å²) in [5, 5.41) is 3.39. The summed E-state index contributed by atoms with van der Waals surface area (Å²) in [6, 6.07) is 17.6. The van der Waals surface area contributed by atoms with Gasteiger partial charge in [-0.2, -0.15) is 0 Å². The van der Waals surface area contributed by atoms with Crippen molar-refractivity contribution in [3.05, 3.63) is 77.7 Å². The molecule has 1 aromatic carbocycles. The molecule has 1 aliphatic heterocycles. The van der Waals surface area contributed by atoms with E-state index in [2.05, 4.69) is 20.2 Å². The molecule has 0 bridgehead atoms. The summed E-state index contributed by atoms with van der Waals surface area (Å²) < 4.78 is 0. The van der Waals surface area contributed by atoms with Crippen molar-refractivity contribution in [2.45, 2.75) is 13.3 Å². The van der Waals surface area contributed by atoms with E-state index in [1.165, 1.54) is 0 Å². The van der Waals surface area contributed by atoms with E-state index in [-0.39, 0.29) is 7.21 Å². The molecule has 0 radical (unpaired) electrons. The van der Waals surface area contributed by atoms with Crippen LogP contribution in [0.4, 0.5) is 5.82 Å². The summed E-state index contributed by atoms with van der Waals surface area (Å²) in [5.41, 5.74) is 3.76. The minimum absolute atomic E-state index is 0. The number of aryl methyl sites for hydroxylation is 1. The number of ketones is 1. The van der Waals surface area contributed by atoms with Crippen LogP contribution in [0.3, 0.4) is 0 Å². The number of carbonyl (C=O) groups is 1. The number of hydrogen-bond donors (Lipinski definition) is 1. The van der Waals surface area contributed by atoms with E-state index in [0.717, 1.165) is 55.2 Å². The Hall–Kier alpha value is -3.05. The SMILES string of the molecule is Cc1ncc(-c2ccccc2)cc1C(=O)c1cccc(N2CCCNCC2)n1.[HH]. The lowest BCUT2D eigenvalue weighted by Gasteiger charge is -2.21. The van der Waals surface area contributed by atoms with Crippen LogP contribution in [-0.4, -0.2) is 41.9 Å². The molecule has 1 N–H and O–H groups in total. The van der Waals surface area contributed by atoms with Crippen molar-refractivity contribution >= 4 is 11.6 Å². The Labute approximate surface area is 166 Å². The van der Waals surface area contributed by atoms with Crippen molar-refractivity contribution in [3.8, 4) is 11.1 Å². The number of hydrogen-bond acceptors (Lipinski definition) is 5. The predicted molar refractivity (Wildman–Crippen MR) is 114 cm³/mol. The Morgan fingerprint density at radius 2 is 1.89 bits per heavy atom. The Balaban J connectivity index is 0.00000240. The summed E-state index contributed by atoms with van der Waals surface area (Å²) in [5.74, 6) is 0.775. The van der Waals surface area contributed by atoms with E-state index < -0.39 is 0 Å². The van der Waals surface area contributed by atoms with E-state index in [9.17, 15) is 4.79 Å². The third-order valence-electron chi connectivity index (χ3n) is 5.07. The molecule has 0 atom stereocenters. The van der Waals surface area contributed by atoms with E-state index in [4.69, 9.17) is 0 Å². The lowest BCUT2D eigenvalue weighted by molar-refractivity contribution is 0.103. The fraction of sp³-hybridized carbons (Fsp3) is 0.261. The zero-order valence-corrected chi connectivity index (χ0v) is 16.1. The van der Waals surface area contributed by atoms with Gasteiger partial charge in [-0.25, -0.2) is 4.98 Å². The van der Waals surface area contributed by atoms with Gasteiger partial charge in [-0.05, 0) is 43.7 Å². The molecule has 0 aliphatic carbocycles. The summed E-state index contributed by atoms with van der Waals surface area (Å²) in [7, 11) is 0. The van der Waals surface area contributed by atoms with Crippen LogP contribution in [0, 0.1) is 6.92 Å². The van der Waals surface area contributed by atoms with Crippen molar-refractivity contribution in [1.29, 1.82) is 0 Å². The highest BCUT2D eigenvalue weighted by Crippen LogP contribution is 2.23. The smallest absolute Gasteiger partial charge is 0.213 e. The lowest BCUT2D eigenvalue weighted by atomic mass is 10.0. The van der Waals surface area contributed by atoms with E-state index in [1.54, 1.807) is 6.07 Å². The topological polar surface area (TPSA) is 58.1 Å². The van der Waals surface area contributed by atoms with Crippen molar-refractivity contribution < 1.29 is 6.22 Å². The van der Waals surface area contributed by atoms with Crippen LogP contribution < -0.4 is 10.2 Å². The molecule has 0 spiro atoms. The molecule has 1 fully saturated rings. The van der Waals surface area contributed by atoms with Gasteiger partial charge in [-0.1, -0.05) is 36.4 Å². The maximum atomic E-state index is 13.2. The molecule has 144 valence electrons. The standard InChI is InChI=1S/C23H24N4O.H2/c1-17-20(15-19(16-25-17)18-7-3-2-4-8-18)23(28)21-9-5-10-22(26-21)27-13-6-11-24-12-14-27;/h2-5,7-10,15-16,24H,6,11-14H2,1H3;1H. The number of benzene rings is 1. The molecule has 3 aromatic rings. The van der Waals surface area contributed by atoms with Crippen molar-refractivity contribution in [3.63, 3.8) is 0 Å². The lowest BCUT2D eigenvalue weighted by Crippen LogP contribution is -2.29. The fourth-order valence-electron chi connectivity index (χ4n) is 3.49. The third-order valence-corrected chi connectivity index (χ3v) is 5.07. The van der Waals surface area contributed by atoms with Gasteiger partial charge in [-0.3, -0.25) is 9.78 Å². The largest absolute Gasteiger partial charge is 0.355 e. The molecular formula is C23H26N4O.